The minimum atomic E-state index is 0. The normalized spacial score (nSPS) is 11.9. The second-order valence-corrected chi connectivity index (χ2v) is 5.97. The van der Waals surface area contributed by atoms with Gasteiger partial charge in [-0.15, -0.1) is 24.0 Å². The summed E-state index contributed by atoms with van der Waals surface area (Å²) in [6, 6.07) is 3.07. The molecule has 0 aliphatic rings. The van der Waals surface area contributed by atoms with Gasteiger partial charge in [0.1, 0.15) is 0 Å². The van der Waals surface area contributed by atoms with Crippen molar-refractivity contribution in [2.24, 2.45) is 4.99 Å². The van der Waals surface area contributed by atoms with E-state index in [0.29, 0.717) is 12.1 Å². The molecule has 0 unspecified atom stereocenters. The van der Waals surface area contributed by atoms with E-state index in [1.165, 1.54) is 0 Å². The monoisotopic (exact) mass is 436 g/mol. The number of rotatable bonds is 9. The van der Waals surface area contributed by atoms with Crippen molar-refractivity contribution in [3.63, 3.8) is 0 Å². The standard InChI is InChI=1S/C16H32N6.HI/c1-14(2)22(15(3)4)13-10-19-16(17-5)18-8-6-11-21-12-7-9-20-21;/h7,9,12,14-15H,6,8,10-11,13H2,1-5H3,(H2,17,18,19);1H. The maximum atomic E-state index is 4.26. The molecule has 0 aliphatic heterocycles. The number of aromatic nitrogens is 2. The second-order valence-electron chi connectivity index (χ2n) is 5.97. The number of nitrogens with zero attached hydrogens (tertiary/aromatic N) is 4. The van der Waals surface area contributed by atoms with Gasteiger partial charge in [0.15, 0.2) is 5.96 Å². The lowest BCUT2D eigenvalue weighted by Gasteiger charge is -2.30. The summed E-state index contributed by atoms with van der Waals surface area (Å²) in [6.07, 6.45) is 4.81. The molecule has 6 nitrogen and oxygen atoms in total. The van der Waals surface area contributed by atoms with E-state index in [2.05, 4.69) is 53.3 Å². The van der Waals surface area contributed by atoms with Gasteiger partial charge in [-0.05, 0) is 40.2 Å². The zero-order valence-corrected chi connectivity index (χ0v) is 17.4. The predicted octanol–water partition coefficient (Wildman–Crippen LogP) is 2.17. The molecule has 0 saturated carbocycles. The van der Waals surface area contributed by atoms with Crippen LogP contribution in [0.1, 0.15) is 34.1 Å². The first-order valence-corrected chi connectivity index (χ1v) is 8.22. The lowest BCUT2D eigenvalue weighted by molar-refractivity contribution is 0.178. The average Bonchev–Trinajstić information content (AvgIpc) is 2.98. The highest BCUT2D eigenvalue weighted by Gasteiger charge is 2.12. The van der Waals surface area contributed by atoms with Crippen LogP contribution in [-0.2, 0) is 6.54 Å². The summed E-state index contributed by atoms with van der Waals surface area (Å²) in [4.78, 5) is 6.73. The summed E-state index contributed by atoms with van der Waals surface area (Å²) in [7, 11) is 1.81. The zero-order chi connectivity index (χ0) is 16.4. The molecule has 0 aliphatic carbocycles. The Morgan fingerprint density at radius 1 is 1.17 bits per heavy atom. The zero-order valence-electron chi connectivity index (χ0n) is 15.1. The first-order chi connectivity index (χ1) is 10.5. The number of aliphatic imine (C=N–C) groups is 1. The van der Waals surface area contributed by atoms with Crippen LogP contribution in [0.25, 0.3) is 0 Å². The van der Waals surface area contributed by atoms with Gasteiger partial charge >= 0.3 is 0 Å². The van der Waals surface area contributed by atoms with E-state index in [4.69, 9.17) is 0 Å². The van der Waals surface area contributed by atoms with Crippen molar-refractivity contribution in [1.29, 1.82) is 0 Å². The molecule has 0 saturated heterocycles. The Labute approximate surface area is 158 Å². The fourth-order valence-corrected chi connectivity index (χ4v) is 2.52. The van der Waals surface area contributed by atoms with Gasteiger partial charge < -0.3 is 10.6 Å². The molecule has 1 rings (SSSR count). The summed E-state index contributed by atoms with van der Waals surface area (Å²) >= 11 is 0. The van der Waals surface area contributed by atoms with Crippen LogP contribution in [0.15, 0.2) is 23.5 Å². The Hall–Kier alpha value is -0.830. The molecule has 23 heavy (non-hydrogen) atoms. The Kier molecular flexibility index (Phi) is 12.1. The van der Waals surface area contributed by atoms with E-state index in [1.807, 2.05) is 30.2 Å². The highest BCUT2D eigenvalue weighted by atomic mass is 127. The summed E-state index contributed by atoms with van der Waals surface area (Å²) < 4.78 is 1.95. The molecule has 2 N–H and O–H groups in total. The van der Waals surface area contributed by atoms with Gasteiger partial charge in [-0.3, -0.25) is 14.6 Å². The summed E-state index contributed by atoms with van der Waals surface area (Å²) in [5.41, 5.74) is 0. The van der Waals surface area contributed by atoms with E-state index in [-0.39, 0.29) is 24.0 Å². The van der Waals surface area contributed by atoms with Crippen molar-refractivity contribution >= 4 is 29.9 Å². The minimum Gasteiger partial charge on any atom is -0.356 e. The molecule has 0 bridgehead atoms. The molecule has 0 atom stereocenters. The van der Waals surface area contributed by atoms with Gasteiger partial charge in [0.05, 0.1) is 0 Å². The fourth-order valence-electron chi connectivity index (χ4n) is 2.52. The van der Waals surface area contributed by atoms with Crippen LogP contribution in [0.4, 0.5) is 0 Å². The molecule has 0 fully saturated rings. The number of hydrogen-bond acceptors (Lipinski definition) is 3. The number of nitrogens with one attached hydrogen (secondary N) is 2. The highest BCUT2D eigenvalue weighted by molar-refractivity contribution is 14.0. The Morgan fingerprint density at radius 2 is 1.83 bits per heavy atom. The van der Waals surface area contributed by atoms with Gasteiger partial charge in [0.2, 0.25) is 0 Å². The lowest BCUT2D eigenvalue weighted by Crippen LogP contribution is -2.45. The maximum Gasteiger partial charge on any atom is 0.191 e. The molecule has 0 amide bonds. The minimum absolute atomic E-state index is 0. The molecule has 7 heteroatoms. The topological polar surface area (TPSA) is 57.5 Å². The van der Waals surface area contributed by atoms with Gasteiger partial charge in [0.25, 0.3) is 0 Å². The quantitative estimate of drug-likeness (QED) is 0.270. The largest absolute Gasteiger partial charge is 0.356 e. The van der Waals surface area contributed by atoms with E-state index in [9.17, 15) is 0 Å². The van der Waals surface area contributed by atoms with Crippen molar-refractivity contribution in [2.45, 2.75) is 52.7 Å². The SMILES string of the molecule is CN=C(NCCCn1cccn1)NCCN(C(C)C)C(C)C.I. The predicted molar refractivity (Wildman–Crippen MR) is 109 cm³/mol. The third-order valence-corrected chi connectivity index (χ3v) is 3.63. The van der Waals surface area contributed by atoms with Crippen LogP contribution >= 0.6 is 24.0 Å². The summed E-state index contributed by atoms with van der Waals surface area (Å²) in [6.45, 7) is 12.7. The van der Waals surface area contributed by atoms with E-state index in [0.717, 1.165) is 38.6 Å². The van der Waals surface area contributed by atoms with Crippen molar-refractivity contribution in [2.75, 3.05) is 26.7 Å². The molecular weight excluding hydrogens is 403 g/mol. The average molecular weight is 436 g/mol. The van der Waals surface area contributed by atoms with Crippen molar-refractivity contribution in [1.82, 2.24) is 25.3 Å². The summed E-state index contributed by atoms with van der Waals surface area (Å²) in [5.74, 6) is 0.868. The van der Waals surface area contributed by atoms with Gasteiger partial charge in [-0.1, -0.05) is 0 Å². The number of guanidine groups is 1. The Morgan fingerprint density at radius 3 is 2.35 bits per heavy atom. The molecular formula is C16H33IN6. The smallest absolute Gasteiger partial charge is 0.191 e. The molecule has 134 valence electrons. The van der Waals surface area contributed by atoms with Crippen molar-refractivity contribution in [3.05, 3.63) is 18.5 Å². The first kappa shape index (κ1) is 22.2. The van der Waals surface area contributed by atoms with E-state index >= 15 is 0 Å². The Bertz CT molecular complexity index is 408. The molecule has 1 aromatic heterocycles. The third-order valence-electron chi connectivity index (χ3n) is 3.63. The number of halogens is 1. The Balaban J connectivity index is 0.00000484. The lowest BCUT2D eigenvalue weighted by atomic mass is 10.2. The maximum absolute atomic E-state index is 4.26. The van der Waals surface area contributed by atoms with Gasteiger partial charge in [-0.25, -0.2) is 0 Å². The van der Waals surface area contributed by atoms with Crippen molar-refractivity contribution in [3.8, 4) is 0 Å². The molecule has 1 aromatic rings. The van der Waals surface area contributed by atoms with Gasteiger partial charge in [-0.2, -0.15) is 5.10 Å². The highest BCUT2D eigenvalue weighted by Crippen LogP contribution is 2.03. The van der Waals surface area contributed by atoms with Crippen LogP contribution in [0.5, 0.6) is 0 Å². The molecule has 1 heterocycles. The number of hydrogen-bond donors (Lipinski definition) is 2. The van der Waals surface area contributed by atoms with Crippen LogP contribution in [0.2, 0.25) is 0 Å². The number of aryl methyl sites for hydroxylation is 1. The molecule has 0 aromatic carbocycles. The van der Waals surface area contributed by atoms with E-state index < -0.39 is 0 Å². The van der Waals surface area contributed by atoms with Crippen LogP contribution in [0, 0.1) is 0 Å². The molecule has 0 spiro atoms. The summed E-state index contributed by atoms with van der Waals surface area (Å²) in [5, 5.41) is 10.9. The second kappa shape index (κ2) is 12.6. The van der Waals surface area contributed by atoms with Crippen LogP contribution < -0.4 is 10.6 Å². The third kappa shape index (κ3) is 9.14. The van der Waals surface area contributed by atoms with Crippen molar-refractivity contribution < 1.29 is 0 Å². The molecule has 0 radical (unpaired) electrons. The fraction of sp³-hybridized carbons (Fsp3) is 0.750. The van der Waals surface area contributed by atoms with E-state index in [1.54, 1.807) is 0 Å². The van der Waals surface area contributed by atoms with Crippen LogP contribution in [-0.4, -0.2) is 59.4 Å². The van der Waals surface area contributed by atoms with Gasteiger partial charge in [0, 0.05) is 57.7 Å². The first-order valence-electron chi connectivity index (χ1n) is 8.22. The van der Waals surface area contributed by atoms with Crippen LogP contribution in [0.3, 0.4) is 0 Å².